The van der Waals surface area contributed by atoms with Crippen LogP contribution in [0.2, 0.25) is 0 Å². The first kappa shape index (κ1) is 15.8. The monoisotopic (exact) mass is 334 g/mol. The van der Waals surface area contributed by atoms with Crippen LogP contribution in [0, 0.1) is 13.8 Å². The summed E-state index contributed by atoms with van der Waals surface area (Å²) in [6.45, 7) is 6.50. The number of ether oxygens (including phenoxy) is 1. The molecule has 5 heteroatoms. The summed E-state index contributed by atoms with van der Waals surface area (Å²) in [5.41, 5.74) is 5.77. The molecule has 1 saturated heterocycles. The minimum absolute atomic E-state index is 0.174. The maximum atomic E-state index is 5.94. The Morgan fingerprint density at radius 1 is 1.12 bits per heavy atom. The van der Waals surface area contributed by atoms with Crippen molar-refractivity contribution in [1.82, 2.24) is 15.0 Å². The molecule has 1 aliphatic rings. The number of hydrogen-bond donors (Lipinski definition) is 0. The maximum Gasteiger partial charge on any atom is 0.177 e. The molecule has 0 bridgehead atoms. The minimum Gasteiger partial charge on any atom is -0.350 e. The zero-order valence-electron chi connectivity index (χ0n) is 14.6. The number of anilines is 1. The Morgan fingerprint density at radius 2 is 2.00 bits per heavy atom. The number of nitrogens with zero attached hydrogens (tertiary/aromatic N) is 4. The number of aromatic nitrogens is 3. The second-order valence-electron chi connectivity index (χ2n) is 6.52. The number of rotatable bonds is 4. The van der Waals surface area contributed by atoms with Crippen molar-refractivity contribution in [1.29, 1.82) is 0 Å². The standard InChI is InChI=1S/C20H22N4O/c1-15-6-5-9-18(12-15)24-10-11-25-20(24)19-14-23(22-21-19)13-17-8-4-3-7-16(17)2/h3-9,12,14,20H,10-11,13H2,1-2H3/t20-/m1/s1. The van der Waals surface area contributed by atoms with Crippen LogP contribution in [0.4, 0.5) is 5.69 Å². The second-order valence-corrected chi connectivity index (χ2v) is 6.52. The molecule has 0 amide bonds. The van der Waals surface area contributed by atoms with E-state index in [2.05, 4.69) is 77.6 Å². The first-order valence-electron chi connectivity index (χ1n) is 8.60. The van der Waals surface area contributed by atoms with Gasteiger partial charge in [0, 0.05) is 12.2 Å². The summed E-state index contributed by atoms with van der Waals surface area (Å²) >= 11 is 0. The lowest BCUT2D eigenvalue weighted by atomic mass is 10.1. The van der Waals surface area contributed by atoms with Gasteiger partial charge < -0.3 is 9.64 Å². The van der Waals surface area contributed by atoms with Crippen molar-refractivity contribution in [3.63, 3.8) is 0 Å². The van der Waals surface area contributed by atoms with Gasteiger partial charge in [0.05, 0.1) is 19.3 Å². The van der Waals surface area contributed by atoms with Gasteiger partial charge in [-0.05, 0) is 42.7 Å². The quantitative estimate of drug-likeness (QED) is 0.733. The summed E-state index contributed by atoms with van der Waals surface area (Å²) in [7, 11) is 0. The summed E-state index contributed by atoms with van der Waals surface area (Å²) < 4.78 is 7.83. The Labute approximate surface area is 147 Å². The maximum absolute atomic E-state index is 5.94. The average molecular weight is 334 g/mol. The molecule has 0 radical (unpaired) electrons. The van der Waals surface area contributed by atoms with Gasteiger partial charge in [-0.1, -0.05) is 41.6 Å². The van der Waals surface area contributed by atoms with Crippen LogP contribution < -0.4 is 4.90 Å². The van der Waals surface area contributed by atoms with Crippen LogP contribution >= 0.6 is 0 Å². The lowest BCUT2D eigenvalue weighted by Crippen LogP contribution is -2.23. The first-order chi connectivity index (χ1) is 12.2. The van der Waals surface area contributed by atoms with E-state index in [-0.39, 0.29) is 6.23 Å². The molecule has 1 atom stereocenters. The third kappa shape index (κ3) is 3.28. The first-order valence-corrected chi connectivity index (χ1v) is 8.60. The van der Waals surface area contributed by atoms with E-state index in [1.54, 1.807) is 0 Å². The zero-order chi connectivity index (χ0) is 17.2. The van der Waals surface area contributed by atoms with Crippen molar-refractivity contribution in [3.8, 4) is 0 Å². The Hall–Kier alpha value is -2.66. The predicted octanol–water partition coefficient (Wildman–Crippen LogP) is 3.48. The fourth-order valence-corrected chi connectivity index (χ4v) is 3.25. The van der Waals surface area contributed by atoms with Crippen molar-refractivity contribution < 1.29 is 4.74 Å². The van der Waals surface area contributed by atoms with Gasteiger partial charge in [0.1, 0.15) is 5.69 Å². The number of aryl methyl sites for hydroxylation is 2. The molecule has 1 aromatic heterocycles. The van der Waals surface area contributed by atoms with Crippen molar-refractivity contribution in [2.45, 2.75) is 26.6 Å². The van der Waals surface area contributed by atoms with Crippen LogP contribution in [-0.4, -0.2) is 28.1 Å². The van der Waals surface area contributed by atoms with E-state index in [9.17, 15) is 0 Å². The van der Waals surface area contributed by atoms with Gasteiger partial charge in [0.25, 0.3) is 0 Å². The molecular weight excluding hydrogens is 312 g/mol. The topological polar surface area (TPSA) is 43.2 Å². The van der Waals surface area contributed by atoms with Gasteiger partial charge in [-0.2, -0.15) is 0 Å². The largest absolute Gasteiger partial charge is 0.350 e. The highest BCUT2D eigenvalue weighted by Gasteiger charge is 2.29. The molecule has 5 nitrogen and oxygen atoms in total. The lowest BCUT2D eigenvalue weighted by Gasteiger charge is -2.23. The smallest absolute Gasteiger partial charge is 0.177 e. The van der Waals surface area contributed by atoms with Gasteiger partial charge in [0.2, 0.25) is 0 Å². The highest BCUT2D eigenvalue weighted by molar-refractivity contribution is 5.50. The van der Waals surface area contributed by atoms with Crippen molar-refractivity contribution >= 4 is 5.69 Å². The molecule has 1 fully saturated rings. The van der Waals surface area contributed by atoms with Crippen molar-refractivity contribution in [2.75, 3.05) is 18.1 Å². The molecule has 3 aromatic rings. The van der Waals surface area contributed by atoms with Gasteiger partial charge >= 0.3 is 0 Å². The molecular formula is C20H22N4O. The van der Waals surface area contributed by atoms with E-state index in [0.717, 1.165) is 24.5 Å². The number of benzene rings is 2. The molecule has 1 aliphatic heterocycles. The van der Waals surface area contributed by atoms with E-state index < -0.39 is 0 Å². The lowest BCUT2D eigenvalue weighted by molar-refractivity contribution is 0.110. The average Bonchev–Trinajstić information content (AvgIpc) is 3.26. The van der Waals surface area contributed by atoms with Crippen LogP contribution in [-0.2, 0) is 11.3 Å². The van der Waals surface area contributed by atoms with E-state index >= 15 is 0 Å². The predicted molar refractivity (Wildman–Crippen MR) is 97.5 cm³/mol. The Morgan fingerprint density at radius 3 is 2.84 bits per heavy atom. The van der Waals surface area contributed by atoms with Crippen LogP contribution in [0.1, 0.15) is 28.6 Å². The molecule has 128 valence electrons. The van der Waals surface area contributed by atoms with Crippen LogP contribution in [0.15, 0.2) is 54.7 Å². The molecule has 4 rings (SSSR count). The van der Waals surface area contributed by atoms with E-state index in [1.165, 1.54) is 16.7 Å². The molecule has 25 heavy (non-hydrogen) atoms. The summed E-state index contributed by atoms with van der Waals surface area (Å²) in [4.78, 5) is 2.25. The highest BCUT2D eigenvalue weighted by atomic mass is 16.5. The van der Waals surface area contributed by atoms with Gasteiger partial charge in [-0.3, -0.25) is 0 Å². The van der Waals surface area contributed by atoms with E-state index in [0.29, 0.717) is 6.61 Å². The third-order valence-electron chi connectivity index (χ3n) is 4.63. The van der Waals surface area contributed by atoms with E-state index in [4.69, 9.17) is 4.74 Å². The summed E-state index contributed by atoms with van der Waals surface area (Å²) in [5, 5.41) is 8.67. The Kier molecular flexibility index (Phi) is 4.24. The molecule has 2 heterocycles. The minimum atomic E-state index is -0.174. The van der Waals surface area contributed by atoms with Gasteiger partial charge in [-0.25, -0.2) is 4.68 Å². The molecule has 2 aromatic carbocycles. The third-order valence-corrected chi connectivity index (χ3v) is 4.63. The summed E-state index contributed by atoms with van der Waals surface area (Å²) in [6.07, 6.45) is 1.82. The van der Waals surface area contributed by atoms with Crippen LogP contribution in [0.3, 0.4) is 0 Å². The molecule has 0 N–H and O–H groups in total. The zero-order valence-corrected chi connectivity index (χ0v) is 14.6. The molecule has 0 saturated carbocycles. The Bertz CT molecular complexity index is 873. The van der Waals surface area contributed by atoms with E-state index in [1.807, 2.05) is 10.9 Å². The van der Waals surface area contributed by atoms with Crippen LogP contribution in [0.25, 0.3) is 0 Å². The fourth-order valence-electron chi connectivity index (χ4n) is 3.25. The van der Waals surface area contributed by atoms with Gasteiger partial charge in [-0.15, -0.1) is 5.10 Å². The SMILES string of the molecule is Cc1cccc(N2CCO[C@@H]2c2cn(Cc3ccccc3C)nn2)c1. The summed E-state index contributed by atoms with van der Waals surface area (Å²) in [5.74, 6) is 0. The van der Waals surface area contributed by atoms with Crippen LogP contribution in [0.5, 0.6) is 0 Å². The van der Waals surface area contributed by atoms with Gasteiger partial charge in [0.15, 0.2) is 6.23 Å². The summed E-state index contributed by atoms with van der Waals surface area (Å²) in [6, 6.07) is 16.8. The van der Waals surface area contributed by atoms with Crippen molar-refractivity contribution in [2.24, 2.45) is 0 Å². The normalized spacial score (nSPS) is 17.2. The molecule has 0 unspecified atom stereocenters. The highest BCUT2D eigenvalue weighted by Crippen LogP contribution is 2.31. The Balaban J connectivity index is 1.56. The second kappa shape index (κ2) is 6.69. The van der Waals surface area contributed by atoms with Crippen molar-refractivity contribution in [3.05, 3.63) is 77.1 Å². The fraction of sp³-hybridized carbons (Fsp3) is 0.300. The molecule has 0 spiro atoms. The molecule has 0 aliphatic carbocycles. The number of hydrogen-bond acceptors (Lipinski definition) is 4.